The zero-order chi connectivity index (χ0) is 17.0. The summed E-state index contributed by atoms with van der Waals surface area (Å²) < 4.78 is 26.3. The van der Waals surface area contributed by atoms with Gasteiger partial charge in [0.2, 0.25) is 0 Å². The highest BCUT2D eigenvalue weighted by molar-refractivity contribution is 5.79. The Morgan fingerprint density at radius 2 is 1.79 bits per heavy atom. The van der Waals surface area contributed by atoms with Crippen LogP contribution in [-0.4, -0.2) is 19.6 Å². The number of hydrogen-bond acceptors (Lipinski definition) is 1. The molecule has 0 aliphatic heterocycles. The van der Waals surface area contributed by atoms with Crippen molar-refractivity contribution < 1.29 is 8.78 Å². The first kappa shape index (κ1) is 16.4. The van der Waals surface area contributed by atoms with E-state index in [1.165, 1.54) is 24.3 Å². The third-order valence-electron chi connectivity index (χ3n) is 4.48. The van der Waals surface area contributed by atoms with Gasteiger partial charge in [-0.15, -0.1) is 0 Å². The van der Waals surface area contributed by atoms with Crippen LogP contribution in [0.25, 0.3) is 0 Å². The lowest BCUT2D eigenvalue weighted by molar-refractivity contribution is 0.617. The Morgan fingerprint density at radius 3 is 2.42 bits per heavy atom. The molecular formula is C19H21F2N3. The minimum atomic E-state index is -0.245. The van der Waals surface area contributed by atoms with Crippen molar-refractivity contribution in [3.8, 4) is 0 Å². The fourth-order valence-corrected chi connectivity index (χ4v) is 2.83. The molecule has 3 rings (SSSR count). The highest BCUT2D eigenvalue weighted by Gasteiger charge is 2.44. The summed E-state index contributed by atoms with van der Waals surface area (Å²) in [4.78, 5) is 4.20. The van der Waals surface area contributed by atoms with Crippen LogP contribution in [0.3, 0.4) is 0 Å². The van der Waals surface area contributed by atoms with Crippen LogP contribution >= 0.6 is 0 Å². The Balaban J connectivity index is 1.55. The van der Waals surface area contributed by atoms with Crippen LogP contribution < -0.4 is 10.6 Å². The quantitative estimate of drug-likeness (QED) is 0.652. The lowest BCUT2D eigenvalue weighted by atomic mass is 9.96. The van der Waals surface area contributed by atoms with E-state index in [1.54, 1.807) is 13.1 Å². The van der Waals surface area contributed by atoms with Gasteiger partial charge in [-0.2, -0.15) is 0 Å². The normalized spacial score (nSPS) is 15.9. The maximum Gasteiger partial charge on any atom is 0.191 e. The molecule has 0 atom stereocenters. The molecule has 1 aliphatic carbocycles. The number of nitrogens with zero attached hydrogens (tertiary/aromatic N) is 1. The van der Waals surface area contributed by atoms with Crippen LogP contribution in [0.5, 0.6) is 0 Å². The fraction of sp³-hybridized carbons (Fsp3) is 0.316. The predicted octanol–water partition coefficient (Wildman–Crippen LogP) is 3.36. The van der Waals surface area contributed by atoms with Crippen molar-refractivity contribution in [2.24, 2.45) is 4.99 Å². The molecule has 5 heteroatoms. The number of rotatable bonds is 5. The first-order valence-electron chi connectivity index (χ1n) is 8.06. The second kappa shape index (κ2) is 6.99. The van der Waals surface area contributed by atoms with Gasteiger partial charge < -0.3 is 10.6 Å². The minimum absolute atomic E-state index is 0.0597. The van der Waals surface area contributed by atoms with E-state index < -0.39 is 0 Å². The molecule has 0 bridgehead atoms. The average Bonchev–Trinajstić information content (AvgIpc) is 3.37. The van der Waals surface area contributed by atoms with Gasteiger partial charge in [0.1, 0.15) is 11.6 Å². The third-order valence-corrected chi connectivity index (χ3v) is 4.48. The summed E-state index contributed by atoms with van der Waals surface area (Å²) in [5.41, 5.74) is 2.07. The highest BCUT2D eigenvalue weighted by Crippen LogP contribution is 2.47. The van der Waals surface area contributed by atoms with Gasteiger partial charge in [-0.25, -0.2) is 8.78 Å². The number of hydrogen-bond donors (Lipinski definition) is 2. The van der Waals surface area contributed by atoms with Gasteiger partial charge in [0.25, 0.3) is 0 Å². The van der Waals surface area contributed by atoms with Gasteiger partial charge in [0, 0.05) is 25.6 Å². The molecule has 2 aromatic rings. The molecule has 0 aromatic heterocycles. The Bertz CT molecular complexity index is 722. The molecule has 1 fully saturated rings. The van der Waals surface area contributed by atoms with Crippen LogP contribution in [-0.2, 0) is 12.0 Å². The molecule has 0 unspecified atom stereocenters. The minimum Gasteiger partial charge on any atom is -0.356 e. The summed E-state index contributed by atoms with van der Waals surface area (Å²) in [6, 6.07) is 13.2. The zero-order valence-corrected chi connectivity index (χ0v) is 13.7. The molecular weight excluding hydrogens is 308 g/mol. The number of halogens is 2. The molecule has 2 N–H and O–H groups in total. The fourth-order valence-electron chi connectivity index (χ4n) is 2.83. The maximum atomic E-state index is 13.2. The van der Waals surface area contributed by atoms with E-state index in [-0.39, 0.29) is 17.0 Å². The summed E-state index contributed by atoms with van der Waals surface area (Å²) in [6.45, 7) is 1.24. The van der Waals surface area contributed by atoms with Crippen LogP contribution in [0.15, 0.2) is 53.5 Å². The predicted molar refractivity (Wildman–Crippen MR) is 91.9 cm³/mol. The average molecular weight is 329 g/mol. The van der Waals surface area contributed by atoms with Gasteiger partial charge >= 0.3 is 0 Å². The Morgan fingerprint density at radius 1 is 1.04 bits per heavy atom. The summed E-state index contributed by atoms with van der Waals surface area (Å²) in [7, 11) is 1.71. The van der Waals surface area contributed by atoms with Gasteiger partial charge in [-0.3, -0.25) is 4.99 Å². The molecule has 126 valence electrons. The Kier molecular flexibility index (Phi) is 4.79. The highest BCUT2D eigenvalue weighted by atomic mass is 19.1. The first-order valence-corrected chi connectivity index (χ1v) is 8.06. The van der Waals surface area contributed by atoms with Crippen molar-refractivity contribution in [3.05, 3.63) is 71.3 Å². The van der Waals surface area contributed by atoms with Crippen molar-refractivity contribution in [1.29, 1.82) is 0 Å². The van der Waals surface area contributed by atoms with Crippen molar-refractivity contribution in [1.82, 2.24) is 10.6 Å². The van der Waals surface area contributed by atoms with E-state index in [0.717, 1.165) is 30.5 Å². The molecule has 0 spiro atoms. The number of benzene rings is 2. The van der Waals surface area contributed by atoms with Gasteiger partial charge in [0.05, 0.1) is 0 Å². The van der Waals surface area contributed by atoms with Gasteiger partial charge in [-0.05, 0) is 48.2 Å². The third kappa shape index (κ3) is 3.91. The molecule has 1 saturated carbocycles. The second-order valence-electron chi connectivity index (χ2n) is 6.20. The van der Waals surface area contributed by atoms with E-state index in [9.17, 15) is 8.78 Å². The monoisotopic (exact) mass is 329 g/mol. The topological polar surface area (TPSA) is 36.4 Å². The van der Waals surface area contributed by atoms with Gasteiger partial charge in [-0.1, -0.05) is 24.3 Å². The van der Waals surface area contributed by atoms with Crippen molar-refractivity contribution in [3.63, 3.8) is 0 Å². The molecule has 0 heterocycles. The molecule has 24 heavy (non-hydrogen) atoms. The lowest BCUT2D eigenvalue weighted by Gasteiger charge is -2.19. The van der Waals surface area contributed by atoms with Crippen molar-refractivity contribution in [2.45, 2.75) is 24.8 Å². The van der Waals surface area contributed by atoms with Crippen LogP contribution in [0.4, 0.5) is 8.78 Å². The largest absolute Gasteiger partial charge is 0.356 e. The molecule has 0 radical (unpaired) electrons. The molecule has 3 nitrogen and oxygen atoms in total. The summed E-state index contributed by atoms with van der Waals surface area (Å²) in [6.07, 6.45) is 2.15. The Hall–Kier alpha value is -2.43. The van der Waals surface area contributed by atoms with Crippen LogP contribution in [0.2, 0.25) is 0 Å². The number of aliphatic imine (C=N–C) groups is 1. The molecule has 2 aromatic carbocycles. The Labute approximate surface area is 140 Å². The van der Waals surface area contributed by atoms with Crippen LogP contribution in [0.1, 0.15) is 24.0 Å². The standard InChI is InChI=1S/C19H21F2N3/c1-22-18(23-12-14-3-2-4-17(21)11-14)24-13-19(9-10-19)15-5-7-16(20)8-6-15/h2-8,11H,9-10,12-13H2,1H3,(H2,22,23,24). The van der Waals surface area contributed by atoms with Crippen molar-refractivity contribution >= 4 is 5.96 Å². The molecule has 0 saturated heterocycles. The summed E-state index contributed by atoms with van der Waals surface area (Å²) in [5.74, 6) is 0.216. The van der Waals surface area contributed by atoms with Crippen LogP contribution in [0, 0.1) is 11.6 Å². The first-order chi connectivity index (χ1) is 11.6. The van der Waals surface area contributed by atoms with E-state index in [0.29, 0.717) is 12.5 Å². The van der Waals surface area contributed by atoms with E-state index in [1.807, 2.05) is 18.2 Å². The van der Waals surface area contributed by atoms with Gasteiger partial charge in [0.15, 0.2) is 5.96 Å². The second-order valence-corrected chi connectivity index (χ2v) is 6.20. The zero-order valence-electron chi connectivity index (χ0n) is 13.7. The SMILES string of the molecule is CN=C(NCc1cccc(F)c1)NCC1(c2ccc(F)cc2)CC1. The number of nitrogens with one attached hydrogen (secondary N) is 2. The van der Waals surface area contributed by atoms with Crippen molar-refractivity contribution in [2.75, 3.05) is 13.6 Å². The van der Waals surface area contributed by atoms with E-state index in [4.69, 9.17) is 0 Å². The lowest BCUT2D eigenvalue weighted by Crippen LogP contribution is -2.40. The maximum absolute atomic E-state index is 13.2. The smallest absolute Gasteiger partial charge is 0.191 e. The van der Waals surface area contributed by atoms with E-state index >= 15 is 0 Å². The summed E-state index contributed by atoms with van der Waals surface area (Å²) in [5, 5.41) is 6.51. The summed E-state index contributed by atoms with van der Waals surface area (Å²) >= 11 is 0. The number of guanidine groups is 1. The van der Waals surface area contributed by atoms with E-state index in [2.05, 4.69) is 15.6 Å². The molecule has 1 aliphatic rings. The molecule has 0 amide bonds.